The molecule has 8 nitrogen and oxygen atoms in total. The Bertz CT molecular complexity index is 1360. The molecule has 1 atom stereocenters. The molecule has 1 N–H and O–H groups in total. The zero-order chi connectivity index (χ0) is 27.9. The molecule has 0 aliphatic heterocycles. The molecule has 0 heterocycles. The Hall–Kier alpha value is -3.56. The van der Waals surface area contributed by atoms with Gasteiger partial charge < -0.3 is 15.0 Å². The average molecular weight is 558 g/mol. The van der Waals surface area contributed by atoms with Gasteiger partial charge in [-0.2, -0.15) is 0 Å². The second kappa shape index (κ2) is 12.8. The highest BCUT2D eigenvalue weighted by molar-refractivity contribution is 7.92. The van der Waals surface area contributed by atoms with Gasteiger partial charge in [-0.3, -0.25) is 13.9 Å². The van der Waals surface area contributed by atoms with Crippen LogP contribution in [0.1, 0.15) is 24.5 Å². The van der Waals surface area contributed by atoms with Gasteiger partial charge in [0.15, 0.2) is 0 Å². The lowest BCUT2D eigenvalue weighted by atomic mass is 10.1. The Morgan fingerprint density at radius 3 is 2.18 bits per heavy atom. The van der Waals surface area contributed by atoms with E-state index in [1.165, 1.54) is 31.2 Å². The molecule has 10 heteroatoms. The summed E-state index contributed by atoms with van der Waals surface area (Å²) in [6.07, 6.45) is 0.323. The van der Waals surface area contributed by atoms with Crippen LogP contribution in [0.5, 0.6) is 5.75 Å². The number of aryl methyl sites for hydroxylation is 1. The van der Waals surface area contributed by atoms with E-state index in [1.807, 2.05) is 6.92 Å². The number of carbonyl (C=O) groups excluding carboxylic acids is 2. The maximum absolute atomic E-state index is 13.9. The highest BCUT2D eigenvalue weighted by Crippen LogP contribution is 2.27. The van der Waals surface area contributed by atoms with Gasteiger partial charge in [0.05, 0.1) is 17.7 Å². The minimum absolute atomic E-state index is 0.0332. The van der Waals surface area contributed by atoms with E-state index in [9.17, 15) is 18.0 Å². The summed E-state index contributed by atoms with van der Waals surface area (Å²) in [4.78, 5) is 28.1. The molecule has 2 amide bonds. The molecule has 0 radical (unpaired) electrons. The largest absolute Gasteiger partial charge is 0.497 e. The van der Waals surface area contributed by atoms with Gasteiger partial charge in [-0.15, -0.1) is 0 Å². The number of nitrogens with one attached hydrogen (secondary N) is 1. The number of benzene rings is 3. The first kappa shape index (κ1) is 29.0. The first-order valence-corrected chi connectivity index (χ1v) is 13.9. The van der Waals surface area contributed by atoms with Crippen molar-refractivity contribution in [3.63, 3.8) is 0 Å². The summed E-state index contributed by atoms with van der Waals surface area (Å²) >= 11 is 6.37. The minimum atomic E-state index is -4.14. The monoisotopic (exact) mass is 557 g/mol. The summed E-state index contributed by atoms with van der Waals surface area (Å²) in [5, 5.41) is 3.04. The zero-order valence-electron chi connectivity index (χ0n) is 21.8. The van der Waals surface area contributed by atoms with Crippen LogP contribution in [0.3, 0.4) is 0 Å². The predicted octanol–water partition coefficient (Wildman–Crippen LogP) is 4.41. The standard InChI is InChI=1S/C28H32ClN3O5S/c1-5-26(28(34)30-3)31(18-21-8-6-7-9-25(21)29)27(33)19-32(22-12-14-23(37-4)15-13-22)38(35,36)24-16-10-20(2)11-17-24/h6-17,26H,5,18-19H2,1-4H3,(H,30,34). The molecule has 0 aromatic heterocycles. The number of halogens is 1. The van der Waals surface area contributed by atoms with Crippen molar-refractivity contribution in [2.24, 2.45) is 0 Å². The Balaban J connectivity index is 2.07. The van der Waals surface area contributed by atoms with E-state index in [1.54, 1.807) is 67.6 Å². The van der Waals surface area contributed by atoms with Crippen molar-refractivity contribution < 1.29 is 22.7 Å². The van der Waals surface area contributed by atoms with Crippen molar-refractivity contribution >= 4 is 39.1 Å². The molecule has 38 heavy (non-hydrogen) atoms. The first-order valence-electron chi connectivity index (χ1n) is 12.1. The van der Waals surface area contributed by atoms with Gasteiger partial charge in [0.25, 0.3) is 10.0 Å². The van der Waals surface area contributed by atoms with Crippen LogP contribution in [0, 0.1) is 6.92 Å². The molecule has 3 aromatic rings. The lowest BCUT2D eigenvalue weighted by Gasteiger charge is -2.33. The molecule has 3 rings (SSSR count). The Morgan fingerprint density at radius 2 is 1.63 bits per heavy atom. The number of likely N-dealkylation sites (N-methyl/N-ethyl adjacent to an activating group) is 1. The summed E-state index contributed by atoms with van der Waals surface area (Å²) in [7, 11) is -1.14. The van der Waals surface area contributed by atoms with E-state index < -0.39 is 28.5 Å². The number of hydrogen-bond donors (Lipinski definition) is 1. The van der Waals surface area contributed by atoms with E-state index >= 15 is 0 Å². The molecule has 202 valence electrons. The Kier molecular flexibility index (Phi) is 9.77. The maximum Gasteiger partial charge on any atom is 0.264 e. The maximum atomic E-state index is 13.9. The molecule has 0 aliphatic rings. The molecular weight excluding hydrogens is 526 g/mol. The molecule has 0 aliphatic carbocycles. The number of hydrogen-bond acceptors (Lipinski definition) is 5. The number of anilines is 1. The van der Waals surface area contributed by atoms with Crippen molar-refractivity contribution in [2.45, 2.75) is 37.8 Å². The van der Waals surface area contributed by atoms with Crippen molar-refractivity contribution in [1.29, 1.82) is 0 Å². The van der Waals surface area contributed by atoms with Crippen LogP contribution in [-0.2, 0) is 26.2 Å². The van der Waals surface area contributed by atoms with E-state index in [-0.39, 0.29) is 23.0 Å². The van der Waals surface area contributed by atoms with Crippen LogP contribution in [0.4, 0.5) is 5.69 Å². The fourth-order valence-corrected chi connectivity index (χ4v) is 5.62. The van der Waals surface area contributed by atoms with Gasteiger partial charge in [0.1, 0.15) is 18.3 Å². The second-order valence-corrected chi connectivity index (χ2v) is 10.9. The fourth-order valence-electron chi connectivity index (χ4n) is 4.01. The van der Waals surface area contributed by atoms with Crippen LogP contribution in [-0.4, -0.2) is 51.9 Å². The van der Waals surface area contributed by atoms with Gasteiger partial charge in [-0.1, -0.05) is 54.4 Å². The lowest BCUT2D eigenvalue weighted by molar-refractivity contribution is -0.140. The molecule has 1 unspecified atom stereocenters. The Morgan fingerprint density at radius 1 is 1.00 bits per heavy atom. The molecule has 0 bridgehead atoms. The molecule has 3 aromatic carbocycles. The summed E-state index contributed by atoms with van der Waals surface area (Å²) < 4.78 is 33.9. The SMILES string of the molecule is CCC(C(=O)NC)N(Cc1ccccc1Cl)C(=O)CN(c1ccc(OC)cc1)S(=O)(=O)c1ccc(C)cc1. The number of amides is 2. The van der Waals surface area contributed by atoms with Crippen LogP contribution < -0.4 is 14.4 Å². The minimum Gasteiger partial charge on any atom is -0.497 e. The van der Waals surface area contributed by atoms with Gasteiger partial charge in [0.2, 0.25) is 11.8 Å². The molecule has 0 saturated carbocycles. The zero-order valence-corrected chi connectivity index (χ0v) is 23.4. The number of carbonyl (C=O) groups is 2. The Labute approximate surface area is 229 Å². The summed E-state index contributed by atoms with van der Waals surface area (Å²) in [5.74, 6) is -0.365. The van der Waals surface area contributed by atoms with Crippen molar-refractivity contribution in [1.82, 2.24) is 10.2 Å². The van der Waals surface area contributed by atoms with Gasteiger partial charge in [-0.25, -0.2) is 8.42 Å². The van der Waals surface area contributed by atoms with Crippen LogP contribution in [0.25, 0.3) is 0 Å². The number of sulfonamides is 1. The number of rotatable bonds is 11. The highest BCUT2D eigenvalue weighted by atomic mass is 35.5. The number of ether oxygens (including phenoxy) is 1. The van der Waals surface area contributed by atoms with Crippen molar-refractivity contribution in [2.75, 3.05) is 25.0 Å². The highest BCUT2D eigenvalue weighted by Gasteiger charge is 2.33. The smallest absolute Gasteiger partial charge is 0.264 e. The fraction of sp³-hybridized carbons (Fsp3) is 0.286. The molecule has 0 saturated heterocycles. The van der Waals surface area contributed by atoms with Crippen LogP contribution >= 0.6 is 11.6 Å². The van der Waals surface area contributed by atoms with Crippen LogP contribution in [0.2, 0.25) is 5.02 Å². The third kappa shape index (κ3) is 6.65. The second-order valence-electron chi connectivity index (χ2n) is 8.67. The topological polar surface area (TPSA) is 96.0 Å². The summed E-state index contributed by atoms with van der Waals surface area (Å²) in [6.45, 7) is 3.15. The quantitative estimate of drug-likeness (QED) is 0.377. The average Bonchev–Trinajstić information content (AvgIpc) is 2.92. The molecule has 0 spiro atoms. The lowest BCUT2D eigenvalue weighted by Crippen LogP contribution is -2.51. The third-order valence-electron chi connectivity index (χ3n) is 6.18. The van der Waals surface area contributed by atoms with Crippen LogP contribution in [0.15, 0.2) is 77.7 Å². The first-order chi connectivity index (χ1) is 18.1. The van der Waals surface area contributed by atoms with Crippen molar-refractivity contribution in [3.05, 3.63) is 88.9 Å². The summed E-state index contributed by atoms with van der Waals surface area (Å²) in [6, 6.07) is 19.0. The van der Waals surface area contributed by atoms with Gasteiger partial charge in [0, 0.05) is 18.6 Å². The molecule has 0 fully saturated rings. The summed E-state index contributed by atoms with van der Waals surface area (Å²) in [5.41, 5.74) is 1.82. The van der Waals surface area contributed by atoms with Gasteiger partial charge >= 0.3 is 0 Å². The normalized spacial score (nSPS) is 11.9. The van der Waals surface area contributed by atoms with E-state index in [2.05, 4.69) is 5.32 Å². The van der Waals surface area contributed by atoms with E-state index in [0.29, 0.717) is 22.8 Å². The van der Waals surface area contributed by atoms with E-state index in [4.69, 9.17) is 16.3 Å². The number of methoxy groups -OCH3 is 1. The van der Waals surface area contributed by atoms with E-state index in [0.717, 1.165) is 9.87 Å². The van der Waals surface area contributed by atoms with Crippen molar-refractivity contribution in [3.8, 4) is 5.75 Å². The predicted molar refractivity (Wildman–Crippen MR) is 149 cm³/mol. The van der Waals surface area contributed by atoms with Gasteiger partial charge in [-0.05, 0) is 61.4 Å². The number of nitrogens with zero attached hydrogens (tertiary/aromatic N) is 2. The third-order valence-corrected chi connectivity index (χ3v) is 8.34. The molecular formula is C28H32ClN3O5S.